The van der Waals surface area contributed by atoms with Crippen LogP contribution in [0.15, 0.2) is 30.9 Å². The Morgan fingerprint density at radius 1 is 1.30 bits per heavy atom. The van der Waals surface area contributed by atoms with E-state index in [1.165, 1.54) is 10.9 Å². The molecule has 0 fully saturated rings. The Kier molecular flexibility index (Phi) is 6.30. The topological polar surface area (TPSA) is 47.4 Å². The van der Waals surface area contributed by atoms with E-state index in [9.17, 15) is 4.79 Å². The number of carbonyl (C=O) groups is 1. The first kappa shape index (κ1) is 17.6. The minimum atomic E-state index is -0.131. The smallest absolute Gasteiger partial charge is 0.329 e. The predicted molar refractivity (Wildman–Crippen MR) is 91.6 cm³/mol. The van der Waals surface area contributed by atoms with Gasteiger partial charge >= 0.3 is 6.03 Å². The molecule has 1 aromatic carbocycles. The standard InChI is InChI=1S/C16H19Cl2N3O2/c1-3-5-20(16(22)21-6-4-19-11-21)7-8-23-15-13(17)9-12(2)10-14(15)18/h4,6,9-11H,3,5,7-8H2,1-2H3. The van der Waals surface area contributed by atoms with E-state index < -0.39 is 0 Å². The second-order valence-electron chi connectivity index (χ2n) is 5.15. The minimum Gasteiger partial charge on any atom is -0.489 e. The zero-order chi connectivity index (χ0) is 16.8. The van der Waals surface area contributed by atoms with Gasteiger partial charge in [-0.05, 0) is 31.0 Å². The van der Waals surface area contributed by atoms with Crippen molar-refractivity contribution in [2.45, 2.75) is 20.3 Å². The quantitative estimate of drug-likeness (QED) is 0.777. The monoisotopic (exact) mass is 355 g/mol. The van der Waals surface area contributed by atoms with Crippen LogP contribution >= 0.6 is 23.2 Å². The van der Waals surface area contributed by atoms with E-state index in [4.69, 9.17) is 27.9 Å². The summed E-state index contributed by atoms with van der Waals surface area (Å²) in [6.07, 6.45) is 5.54. The molecule has 0 aliphatic rings. The van der Waals surface area contributed by atoms with Gasteiger partial charge in [0.25, 0.3) is 0 Å². The van der Waals surface area contributed by atoms with Crippen molar-refractivity contribution in [2.75, 3.05) is 19.7 Å². The SMILES string of the molecule is CCCN(CCOc1c(Cl)cc(C)cc1Cl)C(=O)n1ccnc1. The first-order chi connectivity index (χ1) is 11.0. The number of imidazole rings is 1. The van der Waals surface area contributed by atoms with Gasteiger partial charge in [0.2, 0.25) is 0 Å². The van der Waals surface area contributed by atoms with Gasteiger partial charge in [-0.25, -0.2) is 9.78 Å². The number of rotatable bonds is 6. The molecule has 1 amide bonds. The van der Waals surface area contributed by atoms with Crippen LogP contribution in [0.4, 0.5) is 4.79 Å². The molecule has 2 rings (SSSR count). The average molecular weight is 356 g/mol. The Balaban J connectivity index is 1.99. The Hall–Kier alpha value is -1.72. The maximum absolute atomic E-state index is 12.4. The highest BCUT2D eigenvalue weighted by Crippen LogP contribution is 2.33. The fraction of sp³-hybridized carbons (Fsp3) is 0.375. The van der Waals surface area contributed by atoms with Crippen LogP contribution in [0, 0.1) is 6.92 Å². The van der Waals surface area contributed by atoms with Gasteiger partial charge in [0.1, 0.15) is 12.9 Å². The predicted octanol–water partition coefficient (Wildman–Crippen LogP) is 4.26. The number of halogens is 2. The van der Waals surface area contributed by atoms with Crippen molar-refractivity contribution < 1.29 is 9.53 Å². The number of hydrogen-bond acceptors (Lipinski definition) is 3. The molecule has 0 bridgehead atoms. The van der Waals surface area contributed by atoms with Crippen molar-refractivity contribution >= 4 is 29.2 Å². The number of ether oxygens (including phenoxy) is 1. The molecule has 23 heavy (non-hydrogen) atoms. The third-order valence-corrected chi connectivity index (χ3v) is 3.80. The van der Waals surface area contributed by atoms with Crippen molar-refractivity contribution in [1.29, 1.82) is 0 Å². The first-order valence-corrected chi connectivity index (χ1v) is 8.14. The van der Waals surface area contributed by atoms with Gasteiger partial charge in [-0.15, -0.1) is 0 Å². The highest BCUT2D eigenvalue weighted by Gasteiger charge is 2.15. The van der Waals surface area contributed by atoms with Crippen LogP contribution in [0.25, 0.3) is 0 Å². The third-order valence-electron chi connectivity index (χ3n) is 3.24. The summed E-state index contributed by atoms with van der Waals surface area (Å²) in [5.74, 6) is 0.450. The van der Waals surface area contributed by atoms with Gasteiger partial charge in [0.05, 0.1) is 16.6 Å². The Labute approximate surface area is 145 Å². The fourth-order valence-corrected chi connectivity index (χ4v) is 2.90. The lowest BCUT2D eigenvalue weighted by Crippen LogP contribution is -2.37. The van der Waals surface area contributed by atoms with Crippen LogP contribution in [-0.4, -0.2) is 40.2 Å². The molecule has 0 saturated carbocycles. The number of benzene rings is 1. The van der Waals surface area contributed by atoms with Crippen molar-refractivity contribution in [3.05, 3.63) is 46.5 Å². The zero-order valence-electron chi connectivity index (χ0n) is 13.1. The van der Waals surface area contributed by atoms with Crippen molar-refractivity contribution in [1.82, 2.24) is 14.5 Å². The lowest BCUT2D eigenvalue weighted by atomic mass is 10.2. The van der Waals surface area contributed by atoms with Gasteiger partial charge in [-0.1, -0.05) is 30.1 Å². The Bertz CT molecular complexity index is 636. The minimum absolute atomic E-state index is 0.131. The lowest BCUT2D eigenvalue weighted by Gasteiger charge is -2.22. The molecule has 7 heteroatoms. The normalized spacial score (nSPS) is 10.6. The number of aromatic nitrogens is 2. The first-order valence-electron chi connectivity index (χ1n) is 7.38. The van der Waals surface area contributed by atoms with Crippen LogP contribution in [-0.2, 0) is 0 Å². The van der Waals surface area contributed by atoms with Gasteiger partial charge in [0.15, 0.2) is 5.75 Å². The number of amides is 1. The molecule has 1 heterocycles. The molecule has 0 radical (unpaired) electrons. The number of nitrogens with zero attached hydrogens (tertiary/aromatic N) is 3. The van der Waals surface area contributed by atoms with Crippen LogP contribution in [0.3, 0.4) is 0 Å². The van der Waals surface area contributed by atoms with Crippen molar-refractivity contribution in [3.8, 4) is 5.75 Å². The molecular formula is C16H19Cl2N3O2. The van der Waals surface area contributed by atoms with E-state index in [0.717, 1.165) is 12.0 Å². The number of carbonyl (C=O) groups excluding carboxylic acids is 1. The molecular weight excluding hydrogens is 337 g/mol. The summed E-state index contributed by atoms with van der Waals surface area (Å²) in [7, 11) is 0. The van der Waals surface area contributed by atoms with Crippen LogP contribution in [0.1, 0.15) is 18.9 Å². The largest absolute Gasteiger partial charge is 0.489 e. The van der Waals surface area contributed by atoms with Crippen molar-refractivity contribution in [3.63, 3.8) is 0 Å². The highest BCUT2D eigenvalue weighted by atomic mass is 35.5. The van der Waals surface area contributed by atoms with E-state index in [1.54, 1.807) is 29.4 Å². The van der Waals surface area contributed by atoms with Crippen LogP contribution in [0.5, 0.6) is 5.75 Å². The third kappa shape index (κ3) is 4.62. The summed E-state index contributed by atoms with van der Waals surface area (Å²) in [5, 5.41) is 0.941. The molecule has 0 aliphatic carbocycles. The summed E-state index contributed by atoms with van der Waals surface area (Å²) < 4.78 is 7.13. The number of aryl methyl sites for hydroxylation is 1. The maximum Gasteiger partial charge on any atom is 0.329 e. The molecule has 2 aromatic rings. The summed E-state index contributed by atoms with van der Waals surface area (Å²) >= 11 is 12.3. The van der Waals surface area contributed by atoms with Gasteiger partial charge in [0, 0.05) is 18.9 Å². The molecule has 1 aromatic heterocycles. The molecule has 0 atom stereocenters. The van der Waals surface area contributed by atoms with Crippen LogP contribution < -0.4 is 4.74 Å². The summed E-state index contributed by atoms with van der Waals surface area (Å²) in [5.41, 5.74) is 0.968. The molecule has 0 N–H and O–H groups in total. The second-order valence-corrected chi connectivity index (χ2v) is 5.96. The van der Waals surface area contributed by atoms with E-state index in [2.05, 4.69) is 4.98 Å². The van der Waals surface area contributed by atoms with E-state index in [0.29, 0.717) is 35.5 Å². The zero-order valence-corrected chi connectivity index (χ0v) is 14.6. The number of hydrogen-bond donors (Lipinski definition) is 0. The average Bonchev–Trinajstić information content (AvgIpc) is 3.02. The fourth-order valence-electron chi connectivity index (χ4n) is 2.19. The highest BCUT2D eigenvalue weighted by molar-refractivity contribution is 6.37. The maximum atomic E-state index is 12.4. The molecule has 0 spiro atoms. The van der Waals surface area contributed by atoms with Gasteiger partial charge in [-0.2, -0.15) is 0 Å². The second kappa shape index (κ2) is 8.22. The van der Waals surface area contributed by atoms with E-state index in [1.807, 2.05) is 13.8 Å². The lowest BCUT2D eigenvalue weighted by molar-refractivity contribution is 0.184. The molecule has 0 saturated heterocycles. The Morgan fingerprint density at radius 2 is 2.00 bits per heavy atom. The summed E-state index contributed by atoms with van der Waals surface area (Å²) in [6, 6.07) is 3.46. The molecule has 0 aliphatic heterocycles. The molecule has 0 unspecified atom stereocenters. The van der Waals surface area contributed by atoms with Crippen LogP contribution in [0.2, 0.25) is 10.0 Å². The summed E-state index contributed by atoms with van der Waals surface area (Å²) in [6.45, 7) is 5.31. The summed E-state index contributed by atoms with van der Waals surface area (Å²) in [4.78, 5) is 18.0. The van der Waals surface area contributed by atoms with E-state index >= 15 is 0 Å². The van der Waals surface area contributed by atoms with Gasteiger partial charge in [-0.3, -0.25) is 4.57 Å². The Morgan fingerprint density at radius 3 is 2.57 bits per heavy atom. The molecule has 124 valence electrons. The van der Waals surface area contributed by atoms with E-state index in [-0.39, 0.29) is 6.03 Å². The molecule has 5 nitrogen and oxygen atoms in total. The van der Waals surface area contributed by atoms with Crippen molar-refractivity contribution in [2.24, 2.45) is 0 Å². The van der Waals surface area contributed by atoms with Gasteiger partial charge < -0.3 is 9.64 Å².